The van der Waals surface area contributed by atoms with Gasteiger partial charge in [0.25, 0.3) is 0 Å². The van der Waals surface area contributed by atoms with E-state index in [0.29, 0.717) is 17.1 Å². The number of rotatable bonds is 3. The molecule has 0 fully saturated rings. The topological polar surface area (TPSA) is 76.7 Å². The van der Waals surface area contributed by atoms with Crippen LogP contribution in [0.4, 0.5) is 9.80 Å². The lowest BCUT2D eigenvalue weighted by molar-refractivity contribution is 0.0601. The summed E-state index contributed by atoms with van der Waals surface area (Å²) in [6, 6.07) is 0. The Kier molecular flexibility index (Phi) is 4.61. The van der Waals surface area contributed by atoms with Crippen molar-refractivity contribution in [2.24, 2.45) is 0 Å². The van der Waals surface area contributed by atoms with Crippen molar-refractivity contribution in [3.8, 4) is 0 Å². The first-order valence-corrected chi connectivity index (χ1v) is 7.25. The molecule has 110 valence electrons. The van der Waals surface area contributed by atoms with Crippen molar-refractivity contribution in [1.82, 2.24) is 5.32 Å². The molecule has 0 aliphatic carbocycles. The Morgan fingerprint density at radius 3 is 2.80 bits per heavy atom. The first-order valence-electron chi connectivity index (χ1n) is 6.44. The van der Waals surface area contributed by atoms with E-state index in [0.717, 1.165) is 23.4 Å². The summed E-state index contributed by atoms with van der Waals surface area (Å²) in [5.41, 5.74) is 1.41. The minimum absolute atomic E-state index is 0.215. The molecule has 6 nitrogen and oxygen atoms in total. The number of esters is 1. The number of carbonyl (C=O) groups is 2. The molecule has 20 heavy (non-hydrogen) atoms. The summed E-state index contributed by atoms with van der Waals surface area (Å²) in [6.07, 6.45) is -0.0264. The van der Waals surface area contributed by atoms with Gasteiger partial charge in [-0.15, -0.1) is 11.3 Å². The molecule has 2 rings (SSSR count). The molecule has 0 bridgehead atoms. The van der Waals surface area contributed by atoms with Crippen LogP contribution in [0.5, 0.6) is 0 Å². The summed E-state index contributed by atoms with van der Waals surface area (Å²) in [6.45, 7) is 5.04. The van der Waals surface area contributed by atoms with Crippen LogP contribution in [0.25, 0.3) is 0 Å². The highest BCUT2D eigenvalue weighted by atomic mass is 32.1. The van der Waals surface area contributed by atoms with Crippen LogP contribution in [0, 0.1) is 0 Å². The number of anilines is 1. The molecule has 0 radical (unpaired) electrons. The van der Waals surface area contributed by atoms with Crippen LogP contribution in [0.15, 0.2) is 0 Å². The van der Waals surface area contributed by atoms with Gasteiger partial charge in [0.2, 0.25) is 0 Å². The molecule has 2 heterocycles. The predicted octanol–water partition coefficient (Wildman–Crippen LogP) is 2.14. The van der Waals surface area contributed by atoms with Gasteiger partial charge < -0.3 is 14.8 Å². The number of hydrogen-bond acceptors (Lipinski definition) is 6. The number of hydrogen-bond donors (Lipinski definition) is 2. The second-order valence-electron chi connectivity index (χ2n) is 4.71. The molecule has 0 aromatic carbocycles. The summed E-state index contributed by atoms with van der Waals surface area (Å²) in [5.74, 6) is -0.427. The Balaban J connectivity index is 2.29. The van der Waals surface area contributed by atoms with Gasteiger partial charge in [-0.3, -0.25) is 5.32 Å². The number of carbonyl (C=O) groups excluding carboxylic acids is 2. The molecular formula is C13H18N2O4S. The third-order valence-corrected chi connectivity index (χ3v) is 4.02. The lowest BCUT2D eigenvalue weighted by Crippen LogP contribution is -2.23. The first kappa shape index (κ1) is 14.8. The van der Waals surface area contributed by atoms with Crippen LogP contribution in [0.2, 0.25) is 0 Å². The van der Waals surface area contributed by atoms with Crippen molar-refractivity contribution in [1.29, 1.82) is 0 Å². The van der Waals surface area contributed by atoms with Crippen molar-refractivity contribution < 1.29 is 19.1 Å². The number of ether oxygens (including phenoxy) is 2. The van der Waals surface area contributed by atoms with Gasteiger partial charge >= 0.3 is 12.1 Å². The largest absolute Gasteiger partial charge is 0.465 e. The molecule has 0 saturated carbocycles. The smallest absolute Gasteiger partial charge is 0.412 e. The van der Waals surface area contributed by atoms with Crippen molar-refractivity contribution in [3.05, 3.63) is 16.0 Å². The van der Waals surface area contributed by atoms with Crippen LogP contribution in [-0.2, 0) is 22.4 Å². The normalized spacial score (nSPS) is 13.8. The summed E-state index contributed by atoms with van der Waals surface area (Å²) >= 11 is 1.39. The maximum Gasteiger partial charge on any atom is 0.412 e. The van der Waals surface area contributed by atoms with E-state index in [2.05, 4.69) is 10.6 Å². The highest BCUT2D eigenvalue weighted by Crippen LogP contribution is 2.35. The minimum Gasteiger partial charge on any atom is -0.465 e. The van der Waals surface area contributed by atoms with E-state index in [-0.39, 0.29) is 6.10 Å². The van der Waals surface area contributed by atoms with Gasteiger partial charge in [0.15, 0.2) is 0 Å². The highest BCUT2D eigenvalue weighted by molar-refractivity contribution is 7.17. The summed E-state index contributed by atoms with van der Waals surface area (Å²) in [7, 11) is 1.34. The van der Waals surface area contributed by atoms with Crippen LogP contribution in [0.3, 0.4) is 0 Å². The molecule has 1 aliphatic heterocycles. The third kappa shape index (κ3) is 3.10. The van der Waals surface area contributed by atoms with Gasteiger partial charge in [0.1, 0.15) is 5.00 Å². The lowest BCUT2D eigenvalue weighted by Gasteiger charge is -2.13. The molecule has 1 aliphatic rings. The zero-order chi connectivity index (χ0) is 14.7. The molecule has 7 heteroatoms. The number of thiophene rings is 1. The molecule has 1 aromatic rings. The second-order valence-corrected chi connectivity index (χ2v) is 5.81. The van der Waals surface area contributed by atoms with Gasteiger partial charge in [0, 0.05) is 11.4 Å². The number of fused-ring (bicyclic) bond motifs is 1. The van der Waals surface area contributed by atoms with E-state index >= 15 is 0 Å². The van der Waals surface area contributed by atoms with E-state index in [1.165, 1.54) is 18.4 Å². The highest BCUT2D eigenvalue weighted by Gasteiger charge is 2.27. The van der Waals surface area contributed by atoms with Crippen LogP contribution in [0.1, 0.15) is 34.6 Å². The maximum atomic E-state index is 11.9. The fourth-order valence-corrected chi connectivity index (χ4v) is 3.27. The van der Waals surface area contributed by atoms with E-state index in [9.17, 15) is 9.59 Å². The van der Waals surface area contributed by atoms with E-state index in [1.54, 1.807) is 13.8 Å². The van der Waals surface area contributed by atoms with E-state index in [4.69, 9.17) is 9.47 Å². The molecule has 2 N–H and O–H groups in total. The van der Waals surface area contributed by atoms with E-state index < -0.39 is 12.1 Å². The van der Waals surface area contributed by atoms with E-state index in [1.807, 2.05) is 0 Å². The Hall–Kier alpha value is -1.60. The zero-order valence-electron chi connectivity index (χ0n) is 11.7. The third-order valence-electron chi connectivity index (χ3n) is 2.88. The molecule has 1 amide bonds. The Morgan fingerprint density at radius 2 is 2.15 bits per heavy atom. The molecule has 0 atom stereocenters. The maximum absolute atomic E-state index is 11.9. The zero-order valence-corrected chi connectivity index (χ0v) is 12.6. The Bertz CT molecular complexity index is 525. The molecule has 0 saturated heterocycles. The average Bonchev–Trinajstić information content (AvgIpc) is 2.74. The quantitative estimate of drug-likeness (QED) is 0.836. The van der Waals surface area contributed by atoms with Gasteiger partial charge in [0.05, 0.1) is 18.8 Å². The second kappa shape index (κ2) is 6.23. The molecule has 0 unspecified atom stereocenters. The van der Waals surface area contributed by atoms with Gasteiger partial charge in [-0.1, -0.05) is 0 Å². The molecular weight excluding hydrogens is 280 g/mol. The van der Waals surface area contributed by atoms with Crippen molar-refractivity contribution >= 4 is 28.4 Å². The summed E-state index contributed by atoms with van der Waals surface area (Å²) < 4.78 is 9.86. The molecule has 1 aromatic heterocycles. The Labute approximate surface area is 121 Å². The fraction of sp³-hybridized carbons (Fsp3) is 0.538. The standard InChI is InChI=1S/C13H18N2O4S/c1-7(2)19-13(17)15-11-10(12(16)18-3)8-4-5-14-6-9(8)20-11/h7,14H,4-6H2,1-3H3,(H,15,17). The van der Waals surface area contributed by atoms with Gasteiger partial charge in [-0.25, -0.2) is 9.59 Å². The number of methoxy groups -OCH3 is 1. The summed E-state index contributed by atoms with van der Waals surface area (Å²) in [5, 5.41) is 6.38. The Morgan fingerprint density at radius 1 is 1.40 bits per heavy atom. The monoisotopic (exact) mass is 298 g/mol. The summed E-state index contributed by atoms with van der Waals surface area (Å²) in [4.78, 5) is 24.7. The average molecular weight is 298 g/mol. The van der Waals surface area contributed by atoms with Crippen LogP contribution < -0.4 is 10.6 Å². The fourth-order valence-electron chi connectivity index (χ4n) is 2.08. The molecule has 0 spiro atoms. The van der Waals surface area contributed by atoms with Crippen molar-refractivity contribution in [2.45, 2.75) is 32.9 Å². The lowest BCUT2D eigenvalue weighted by atomic mass is 10.0. The predicted molar refractivity (Wildman–Crippen MR) is 76.3 cm³/mol. The minimum atomic E-state index is -0.559. The first-order chi connectivity index (χ1) is 9.52. The van der Waals surface area contributed by atoms with Crippen molar-refractivity contribution in [3.63, 3.8) is 0 Å². The number of amides is 1. The SMILES string of the molecule is COC(=O)c1c(NC(=O)OC(C)C)sc2c1CCNC2. The van der Waals surface area contributed by atoms with Crippen molar-refractivity contribution in [2.75, 3.05) is 19.0 Å². The van der Waals surface area contributed by atoms with Gasteiger partial charge in [-0.2, -0.15) is 0 Å². The van der Waals surface area contributed by atoms with Crippen LogP contribution in [-0.4, -0.2) is 31.8 Å². The number of nitrogens with one attached hydrogen (secondary N) is 2. The van der Waals surface area contributed by atoms with Crippen LogP contribution >= 0.6 is 11.3 Å². The van der Waals surface area contributed by atoms with Gasteiger partial charge in [-0.05, 0) is 32.4 Å².